The summed E-state index contributed by atoms with van der Waals surface area (Å²) in [6, 6.07) is 9.10. The van der Waals surface area contributed by atoms with Crippen LogP contribution in [0.5, 0.6) is 0 Å². The zero-order valence-corrected chi connectivity index (χ0v) is 12.8. The Hall–Kier alpha value is -1.39. The Kier molecular flexibility index (Phi) is 4.78. The van der Waals surface area contributed by atoms with E-state index in [9.17, 15) is 4.39 Å². The number of hydrogen-bond donors (Lipinski definition) is 1. The molecule has 0 fully saturated rings. The minimum absolute atomic E-state index is 0.0709. The van der Waals surface area contributed by atoms with Gasteiger partial charge in [-0.05, 0) is 57.0 Å². The topological polar surface area (TPSA) is 38.9 Å². The van der Waals surface area contributed by atoms with E-state index < -0.39 is 0 Å². The van der Waals surface area contributed by atoms with Gasteiger partial charge >= 0.3 is 0 Å². The van der Waals surface area contributed by atoms with E-state index in [1.165, 1.54) is 17.8 Å². The van der Waals surface area contributed by atoms with E-state index in [0.717, 1.165) is 21.2 Å². The Bertz CT molecular complexity index is 591. The standard InChI is InChI=1S/C16H19FN2S/c1-10-7-12(3)19-16(8-10)20-15-6-4-5-14(17)13(15)9-11(2)18/h4-8,11H,9,18H2,1-3H3. The van der Waals surface area contributed by atoms with Crippen molar-refractivity contribution in [2.75, 3.05) is 0 Å². The van der Waals surface area contributed by atoms with Crippen LogP contribution in [0.15, 0.2) is 40.3 Å². The number of nitrogens with two attached hydrogens (primary N) is 1. The lowest BCUT2D eigenvalue weighted by molar-refractivity contribution is 0.588. The van der Waals surface area contributed by atoms with Crippen molar-refractivity contribution in [1.29, 1.82) is 0 Å². The van der Waals surface area contributed by atoms with Gasteiger partial charge in [0, 0.05) is 22.2 Å². The second-order valence-electron chi connectivity index (χ2n) is 5.12. The van der Waals surface area contributed by atoms with Crippen LogP contribution >= 0.6 is 11.8 Å². The molecule has 2 nitrogen and oxygen atoms in total. The minimum Gasteiger partial charge on any atom is -0.328 e. The van der Waals surface area contributed by atoms with E-state index in [-0.39, 0.29) is 11.9 Å². The van der Waals surface area contributed by atoms with Gasteiger partial charge in [0.1, 0.15) is 10.8 Å². The molecule has 1 heterocycles. The molecule has 0 saturated heterocycles. The summed E-state index contributed by atoms with van der Waals surface area (Å²) in [5, 5.41) is 0.888. The molecule has 0 aliphatic rings. The van der Waals surface area contributed by atoms with Crippen LogP contribution in [0.25, 0.3) is 0 Å². The summed E-state index contributed by atoms with van der Waals surface area (Å²) in [5.41, 5.74) is 8.61. The second-order valence-corrected chi connectivity index (χ2v) is 6.19. The molecule has 0 bridgehead atoms. The zero-order chi connectivity index (χ0) is 14.7. The number of benzene rings is 1. The first-order chi connectivity index (χ1) is 9.45. The Morgan fingerprint density at radius 2 is 2.05 bits per heavy atom. The molecular formula is C16H19FN2S. The van der Waals surface area contributed by atoms with Crippen molar-refractivity contribution in [1.82, 2.24) is 4.98 Å². The maximum atomic E-state index is 14.0. The Morgan fingerprint density at radius 1 is 1.30 bits per heavy atom. The largest absolute Gasteiger partial charge is 0.328 e. The van der Waals surface area contributed by atoms with Crippen LogP contribution in [0.2, 0.25) is 0 Å². The fourth-order valence-corrected chi connectivity index (χ4v) is 3.23. The first-order valence-corrected chi connectivity index (χ1v) is 7.43. The van der Waals surface area contributed by atoms with Crippen molar-refractivity contribution in [3.8, 4) is 0 Å². The highest BCUT2D eigenvalue weighted by Crippen LogP contribution is 2.31. The van der Waals surface area contributed by atoms with E-state index in [1.807, 2.05) is 39.0 Å². The van der Waals surface area contributed by atoms with Crippen molar-refractivity contribution in [3.05, 3.63) is 53.0 Å². The van der Waals surface area contributed by atoms with Gasteiger partial charge in [0.05, 0.1) is 0 Å². The van der Waals surface area contributed by atoms with Crippen LogP contribution in [0, 0.1) is 19.7 Å². The average molecular weight is 290 g/mol. The van der Waals surface area contributed by atoms with Gasteiger partial charge in [-0.15, -0.1) is 0 Å². The average Bonchev–Trinajstić information content (AvgIpc) is 2.32. The molecule has 0 saturated carbocycles. The fraction of sp³-hybridized carbons (Fsp3) is 0.312. The van der Waals surface area contributed by atoms with Crippen LogP contribution in [-0.2, 0) is 6.42 Å². The molecule has 1 aromatic heterocycles. The number of nitrogens with zero attached hydrogens (tertiary/aromatic N) is 1. The normalized spacial score (nSPS) is 12.4. The quantitative estimate of drug-likeness (QED) is 0.928. The lowest BCUT2D eigenvalue weighted by Crippen LogP contribution is -2.19. The van der Waals surface area contributed by atoms with Crippen molar-refractivity contribution in [3.63, 3.8) is 0 Å². The van der Waals surface area contributed by atoms with Gasteiger partial charge < -0.3 is 5.73 Å². The SMILES string of the molecule is Cc1cc(C)nc(Sc2cccc(F)c2CC(C)N)c1. The van der Waals surface area contributed by atoms with E-state index in [2.05, 4.69) is 4.98 Å². The first kappa shape index (κ1) is 15.0. The molecule has 1 aromatic carbocycles. The third-order valence-corrected chi connectivity index (χ3v) is 3.91. The van der Waals surface area contributed by atoms with E-state index >= 15 is 0 Å². The molecule has 2 N–H and O–H groups in total. The number of hydrogen-bond acceptors (Lipinski definition) is 3. The van der Waals surface area contributed by atoms with Gasteiger partial charge in [-0.25, -0.2) is 9.37 Å². The lowest BCUT2D eigenvalue weighted by atomic mass is 10.1. The number of halogens is 1. The van der Waals surface area contributed by atoms with E-state index in [0.29, 0.717) is 12.0 Å². The summed E-state index contributed by atoms with van der Waals surface area (Å²) in [6.45, 7) is 5.88. The summed E-state index contributed by atoms with van der Waals surface area (Å²) in [7, 11) is 0. The van der Waals surface area contributed by atoms with Crippen molar-refractivity contribution < 1.29 is 4.39 Å². The molecule has 4 heteroatoms. The molecule has 0 radical (unpaired) electrons. The number of aryl methyl sites for hydroxylation is 2. The van der Waals surface area contributed by atoms with Gasteiger partial charge in [-0.3, -0.25) is 0 Å². The molecule has 0 aliphatic heterocycles. The summed E-state index contributed by atoms with van der Waals surface area (Å²) in [6.07, 6.45) is 0.528. The highest BCUT2D eigenvalue weighted by molar-refractivity contribution is 7.99. The van der Waals surface area contributed by atoms with Gasteiger partial charge in [0.15, 0.2) is 0 Å². The Balaban J connectivity index is 2.35. The van der Waals surface area contributed by atoms with Crippen molar-refractivity contribution in [2.45, 2.75) is 43.2 Å². The third kappa shape index (κ3) is 3.81. The predicted molar refractivity (Wildman–Crippen MR) is 81.6 cm³/mol. The number of pyridine rings is 1. The highest BCUT2D eigenvalue weighted by Gasteiger charge is 2.12. The second kappa shape index (κ2) is 6.37. The predicted octanol–water partition coefficient (Wildman–Crippen LogP) is 3.88. The van der Waals surface area contributed by atoms with Crippen LogP contribution < -0.4 is 5.73 Å². The van der Waals surface area contributed by atoms with Gasteiger partial charge in [0.2, 0.25) is 0 Å². The Labute approximate surface area is 123 Å². The van der Waals surface area contributed by atoms with Crippen molar-refractivity contribution in [2.24, 2.45) is 5.73 Å². The summed E-state index contributed by atoms with van der Waals surface area (Å²) < 4.78 is 14.0. The minimum atomic E-state index is -0.198. The van der Waals surface area contributed by atoms with Gasteiger partial charge in [-0.2, -0.15) is 0 Å². The maximum absolute atomic E-state index is 14.0. The fourth-order valence-electron chi connectivity index (χ4n) is 2.12. The molecule has 0 aliphatic carbocycles. The zero-order valence-electron chi connectivity index (χ0n) is 12.0. The summed E-state index contributed by atoms with van der Waals surface area (Å²) in [4.78, 5) is 5.38. The molecule has 106 valence electrons. The highest BCUT2D eigenvalue weighted by atomic mass is 32.2. The van der Waals surface area contributed by atoms with Gasteiger partial charge in [-0.1, -0.05) is 17.8 Å². The molecule has 1 unspecified atom stereocenters. The molecule has 2 rings (SSSR count). The van der Waals surface area contributed by atoms with E-state index in [4.69, 9.17) is 5.73 Å². The lowest BCUT2D eigenvalue weighted by Gasteiger charge is -2.12. The van der Waals surface area contributed by atoms with Crippen molar-refractivity contribution >= 4 is 11.8 Å². The van der Waals surface area contributed by atoms with Crippen LogP contribution in [0.4, 0.5) is 4.39 Å². The number of aromatic nitrogens is 1. The molecule has 1 atom stereocenters. The number of rotatable bonds is 4. The summed E-state index contributed by atoms with van der Waals surface area (Å²) >= 11 is 1.49. The molecule has 0 spiro atoms. The molecular weight excluding hydrogens is 271 g/mol. The first-order valence-electron chi connectivity index (χ1n) is 6.62. The molecule has 2 aromatic rings. The monoisotopic (exact) mass is 290 g/mol. The maximum Gasteiger partial charge on any atom is 0.127 e. The molecule has 20 heavy (non-hydrogen) atoms. The molecule has 0 amide bonds. The van der Waals surface area contributed by atoms with Crippen LogP contribution in [0.1, 0.15) is 23.7 Å². The van der Waals surface area contributed by atoms with E-state index in [1.54, 1.807) is 6.07 Å². The smallest absolute Gasteiger partial charge is 0.127 e. The third-order valence-electron chi connectivity index (χ3n) is 2.89. The van der Waals surface area contributed by atoms with Crippen LogP contribution in [-0.4, -0.2) is 11.0 Å². The van der Waals surface area contributed by atoms with Gasteiger partial charge in [0.25, 0.3) is 0 Å². The Morgan fingerprint density at radius 3 is 2.70 bits per heavy atom. The van der Waals surface area contributed by atoms with Crippen LogP contribution in [0.3, 0.4) is 0 Å². The summed E-state index contributed by atoms with van der Waals surface area (Å²) in [5.74, 6) is -0.198.